The fraction of sp³-hybridized carbons (Fsp3) is 0.160. The molecule has 0 fully saturated rings. The van der Waals surface area contributed by atoms with Gasteiger partial charge in [0, 0.05) is 30.2 Å². The van der Waals surface area contributed by atoms with E-state index in [0.717, 1.165) is 17.7 Å². The molecule has 0 saturated heterocycles. The van der Waals surface area contributed by atoms with Crippen molar-refractivity contribution in [3.63, 3.8) is 0 Å². The Morgan fingerprint density at radius 3 is 2.59 bits per heavy atom. The van der Waals surface area contributed by atoms with Crippen LogP contribution in [0, 0.1) is 0 Å². The molecule has 0 saturated carbocycles. The van der Waals surface area contributed by atoms with Crippen LogP contribution >= 0.6 is 0 Å². The van der Waals surface area contributed by atoms with Crippen molar-refractivity contribution in [2.24, 2.45) is 0 Å². The van der Waals surface area contributed by atoms with E-state index in [1.54, 1.807) is 47.6 Å². The number of pyridine rings is 1. The van der Waals surface area contributed by atoms with Crippen molar-refractivity contribution in [3.8, 4) is 11.5 Å². The van der Waals surface area contributed by atoms with Gasteiger partial charge in [0.2, 0.25) is 0 Å². The number of para-hydroxylation sites is 1. The maximum absolute atomic E-state index is 13.5. The predicted molar refractivity (Wildman–Crippen MR) is 122 cm³/mol. The van der Waals surface area contributed by atoms with Gasteiger partial charge in [-0.15, -0.1) is 0 Å². The summed E-state index contributed by atoms with van der Waals surface area (Å²) < 4.78 is 10.5. The molecule has 3 aromatic rings. The minimum atomic E-state index is -0.429. The lowest BCUT2D eigenvalue weighted by molar-refractivity contribution is -0.115. The Hall–Kier alpha value is -4.13. The van der Waals surface area contributed by atoms with Crippen LogP contribution in [-0.2, 0) is 11.2 Å². The van der Waals surface area contributed by atoms with E-state index in [1.807, 2.05) is 30.3 Å². The molecule has 32 heavy (non-hydrogen) atoms. The second-order valence-corrected chi connectivity index (χ2v) is 7.20. The Morgan fingerprint density at radius 1 is 1.03 bits per heavy atom. The second kappa shape index (κ2) is 9.34. The maximum Gasteiger partial charge on any atom is 0.274 e. The minimum Gasteiger partial charge on any atom is -0.493 e. The van der Waals surface area contributed by atoms with Crippen LogP contribution in [0.25, 0.3) is 6.08 Å². The maximum atomic E-state index is 13.5. The number of carbonyl (C=O) groups excluding carboxylic acids is 2. The van der Waals surface area contributed by atoms with Crippen LogP contribution in [-0.4, -0.2) is 37.6 Å². The molecule has 0 atom stereocenters. The first-order valence-corrected chi connectivity index (χ1v) is 10.2. The lowest BCUT2D eigenvalue weighted by atomic mass is 10.1. The van der Waals surface area contributed by atoms with Crippen LogP contribution in [0.15, 0.2) is 72.7 Å². The fourth-order valence-corrected chi connectivity index (χ4v) is 3.65. The van der Waals surface area contributed by atoms with Gasteiger partial charge in [-0.2, -0.15) is 0 Å². The summed E-state index contributed by atoms with van der Waals surface area (Å²) in [6.45, 7) is 0.550. The van der Waals surface area contributed by atoms with E-state index in [9.17, 15) is 9.59 Å². The van der Waals surface area contributed by atoms with Gasteiger partial charge in [-0.3, -0.25) is 14.6 Å². The van der Waals surface area contributed by atoms with Gasteiger partial charge in [-0.05, 0) is 54.0 Å². The summed E-state index contributed by atoms with van der Waals surface area (Å²) in [5.74, 6) is 0.229. The Morgan fingerprint density at radius 2 is 1.84 bits per heavy atom. The van der Waals surface area contributed by atoms with Gasteiger partial charge in [0.25, 0.3) is 11.8 Å². The zero-order chi connectivity index (χ0) is 22.5. The van der Waals surface area contributed by atoms with Gasteiger partial charge in [-0.25, -0.2) is 0 Å². The molecule has 0 radical (unpaired) electrons. The summed E-state index contributed by atoms with van der Waals surface area (Å²) in [6, 6.07) is 16.2. The van der Waals surface area contributed by atoms with E-state index in [4.69, 9.17) is 9.47 Å². The van der Waals surface area contributed by atoms with Crippen molar-refractivity contribution < 1.29 is 19.1 Å². The monoisotopic (exact) mass is 429 g/mol. The van der Waals surface area contributed by atoms with Crippen LogP contribution in [0.1, 0.15) is 21.5 Å². The third-order valence-electron chi connectivity index (χ3n) is 5.25. The van der Waals surface area contributed by atoms with E-state index < -0.39 is 5.91 Å². The Balaban J connectivity index is 1.66. The van der Waals surface area contributed by atoms with Crippen molar-refractivity contribution in [1.82, 2.24) is 10.3 Å². The lowest BCUT2D eigenvalue weighted by Crippen LogP contribution is -2.37. The standard InChI is InChI=1S/C25H23N3O4/c1-31-22-10-9-19(15-23(22)32-2)24(29)27-20(14-17-6-5-12-26-16-17)25(30)28-13-11-18-7-3-4-8-21(18)28/h3-10,12,14-16H,11,13H2,1-2H3,(H,27,29)/b20-14+. The van der Waals surface area contributed by atoms with E-state index in [2.05, 4.69) is 10.3 Å². The molecule has 7 heteroatoms. The molecule has 1 N–H and O–H groups in total. The van der Waals surface area contributed by atoms with Crippen LogP contribution in [0.2, 0.25) is 0 Å². The number of aromatic nitrogens is 1. The molecule has 0 spiro atoms. The average Bonchev–Trinajstić information content (AvgIpc) is 3.27. The minimum absolute atomic E-state index is 0.162. The smallest absolute Gasteiger partial charge is 0.274 e. The number of rotatable bonds is 6. The molecular formula is C25H23N3O4. The molecule has 2 amide bonds. The molecule has 0 aliphatic carbocycles. The molecule has 0 bridgehead atoms. The summed E-state index contributed by atoms with van der Waals surface area (Å²) in [6.07, 6.45) is 5.69. The zero-order valence-corrected chi connectivity index (χ0v) is 17.9. The zero-order valence-electron chi connectivity index (χ0n) is 17.9. The Labute approximate surface area is 186 Å². The van der Waals surface area contributed by atoms with Crippen molar-refractivity contribution in [3.05, 3.63) is 89.4 Å². The summed E-state index contributed by atoms with van der Waals surface area (Å²) in [7, 11) is 3.03. The number of hydrogen-bond donors (Lipinski definition) is 1. The van der Waals surface area contributed by atoms with Crippen molar-refractivity contribution in [2.75, 3.05) is 25.7 Å². The summed E-state index contributed by atoms with van der Waals surface area (Å²) in [4.78, 5) is 32.3. The molecule has 1 aliphatic rings. The van der Waals surface area contributed by atoms with Gasteiger partial charge in [-0.1, -0.05) is 24.3 Å². The number of methoxy groups -OCH3 is 2. The van der Waals surface area contributed by atoms with Gasteiger partial charge in [0.1, 0.15) is 5.70 Å². The number of ether oxygens (including phenoxy) is 2. The average molecular weight is 429 g/mol. The number of fused-ring (bicyclic) bond motifs is 1. The molecule has 1 aliphatic heterocycles. The van der Waals surface area contributed by atoms with E-state index in [-0.39, 0.29) is 11.6 Å². The Kier molecular flexibility index (Phi) is 6.17. The largest absolute Gasteiger partial charge is 0.493 e. The van der Waals surface area contributed by atoms with Crippen LogP contribution in [0.4, 0.5) is 5.69 Å². The van der Waals surface area contributed by atoms with Crippen molar-refractivity contribution >= 4 is 23.6 Å². The van der Waals surface area contributed by atoms with Crippen LogP contribution in [0.5, 0.6) is 11.5 Å². The van der Waals surface area contributed by atoms with Crippen LogP contribution < -0.4 is 19.7 Å². The van der Waals surface area contributed by atoms with Gasteiger partial charge < -0.3 is 19.7 Å². The molecule has 2 heterocycles. The third-order valence-corrected chi connectivity index (χ3v) is 5.25. The molecule has 7 nitrogen and oxygen atoms in total. The number of nitrogens with zero attached hydrogens (tertiary/aromatic N) is 2. The highest BCUT2D eigenvalue weighted by Crippen LogP contribution is 2.30. The molecule has 162 valence electrons. The first-order chi connectivity index (χ1) is 15.6. The van der Waals surface area contributed by atoms with E-state index in [1.165, 1.54) is 14.2 Å². The first kappa shape index (κ1) is 21.1. The number of amides is 2. The van der Waals surface area contributed by atoms with Gasteiger partial charge in [0.15, 0.2) is 11.5 Å². The highest BCUT2D eigenvalue weighted by Gasteiger charge is 2.28. The topological polar surface area (TPSA) is 80.8 Å². The molecule has 1 aromatic heterocycles. The first-order valence-electron chi connectivity index (χ1n) is 10.2. The molecule has 0 unspecified atom stereocenters. The number of hydrogen-bond acceptors (Lipinski definition) is 5. The normalized spacial score (nSPS) is 12.8. The number of anilines is 1. The summed E-state index contributed by atoms with van der Waals surface area (Å²) >= 11 is 0. The molecule has 4 rings (SSSR count). The SMILES string of the molecule is COc1ccc(C(=O)N/C(=C/c2cccnc2)C(=O)N2CCc3ccccc32)cc1OC. The predicted octanol–water partition coefficient (Wildman–Crippen LogP) is 3.46. The number of carbonyl (C=O) groups is 2. The summed E-state index contributed by atoms with van der Waals surface area (Å²) in [5, 5.41) is 2.78. The van der Waals surface area contributed by atoms with Gasteiger partial charge >= 0.3 is 0 Å². The van der Waals surface area contributed by atoms with Crippen molar-refractivity contribution in [1.29, 1.82) is 0 Å². The third kappa shape index (κ3) is 4.32. The van der Waals surface area contributed by atoms with Gasteiger partial charge in [0.05, 0.1) is 14.2 Å². The van der Waals surface area contributed by atoms with Crippen LogP contribution in [0.3, 0.4) is 0 Å². The highest BCUT2D eigenvalue weighted by atomic mass is 16.5. The van der Waals surface area contributed by atoms with Crippen molar-refractivity contribution in [2.45, 2.75) is 6.42 Å². The number of nitrogens with one attached hydrogen (secondary N) is 1. The fourth-order valence-electron chi connectivity index (χ4n) is 3.65. The number of benzene rings is 2. The molecule has 2 aromatic carbocycles. The lowest BCUT2D eigenvalue weighted by Gasteiger charge is -2.20. The Bertz CT molecular complexity index is 1170. The summed E-state index contributed by atoms with van der Waals surface area (Å²) in [5.41, 5.74) is 3.17. The van der Waals surface area contributed by atoms with E-state index in [0.29, 0.717) is 29.2 Å². The van der Waals surface area contributed by atoms with E-state index >= 15 is 0 Å². The quantitative estimate of drug-likeness (QED) is 0.607. The molecular weight excluding hydrogens is 406 g/mol. The second-order valence-electron chi connectivity index (χ2n) is 7.20. The highest BCUT2D eigenvalue weighted by molar-refractivity contribution is 6.12.